The van der Waals surface area contributed by atoms with Gasteiger partial charge in [-0.05, 0) is 24.7 Å². The van der Waals surface area contributed by atoms with Gasteiger partial charge in [0.1, 0.15) is 0 Å². The molecule has 0 radical (unpaired) electrons. The highest BCUT2D eigenvalue weighted by Gasteiger charge is 2.55. The van der Waals surface area contributed by atoms with Crippen molar-refractivity contribution in [2.45, 2.75) is 37.5 Å². The normalized spacial score (nSPS) is 42.3. The molecule has 3 atom stereocenters. The summed E-state index contributed by atoms with van der Waals surface area (Å²) in [6.45, 7) is 7.01. The van der Waals surface area contributed by atoms with Crippen molar-refractivity contribution in [2.75, 3.05) is 0 Å². The number of nitrogens with zero attached hydrogens (tertiary/aromatic N) is 1. The van der Waals surface area contributed by atoms with Gasteiger partial charge < -0.3 is 0 Å². The van der Waals surface area contributed by atoms with Gasteiger partial charge in [-0.15, -0.1) is 0 Å². The van der Waals surface area contributed by atoms with Crippen LogP contribution in [0.4, 0.5) is 0 Å². The highest BCUT2D eigenvalue weighted by Crippen LogP contribution is 2.61. The van der Waals surface area contributed by atoms with Gasteiger partial charge in [-0.2, -0.15) is 5.26 Å². The van der Waals surface area contributed by atoms with Crippen LogP contribution in [0.5, 0.6) is 0 Å². The third kappa shape index (κ3) is 1.03. The number of allylic oxidation sites excluding steroid dienone is 2. The Hall–Kier alpha value is -0.553. The molecule has 0 heterocycles. The monoisotopic (exact) mass is 191 g/mol. The minimum Gasteiger partial charge on any atom is -0.198 e. The van der Waals surface area contributed by atoms with E-state index in [-0.39, 0.29) is 5.04 Å². The predicted molar refractivity (Wildman–Crippen MR) is 57.0 cm³/mol. The molecule has 0 saturated heterocycles. The van der Waals surface area contributed by atoms with Gasteiger partial charge in [0.25, 0.3) is 0 Å². The Morgan fingerprint density at radius 1 is 1.38 bits per heavy atom. The molecular weight excluding hydrogens is 174 g/mol. The van der Waals surface area contributed by atoms with Crippen LogP contribution in [0.3, 0.4) is 0 Å². The highest BCUT2D eigenvalue weighted by molar-refractivity contribution is 6.80. The summed E-state index contributed by atoms with van der Waals surface area (Å²) < 4.78 is 0. The first kappa shape index (κ1) is 9.02. The molecule has 1 saturated carbocycles. The minimum absolute atomic E-state index is 0.0480. The molecule has 0 aromatic heterocycles. The smallest absolute Gasteiger partial charge is 0.0687 e. The summed E-state index contributed by atoms with van der Waals surface area (Å²) in [5.74, 6) is 1.30. The van der Waals surface area contributed by atoms with Crippen LogP contribution in [-0.2, 0) is 0 Å². The van der Waals surface area contributed by atoms with E-state index in [0.717, 1.165) is 12.3 Å². The Kier molecular flexibility index (Phi) is 1.72. The second kappa shape index (κ2) is 2.48. The minimum atomic E-state index is -1.34. The third-order valence-electron chi connectivity index (χ3n) is 3.93. The Morgan fingerprint density at radius 3 is 2.31 bits per heavy atom. The number of hydrogen-bond acceptors (Lipinski definition) is 1. The van der Waals surface area contributed by atoms with Gasteiger partial charge >= 0.3 is 0 Å². The molecule has 0 amide bonds. The van der Waals surface area contributed by atoms with Crippen molar-refractivity contribution in [1.82, 2.24) is 0 Å². The second-order valence-electron chi connectivity index (χ2n) is 5.52. The fraction of sp³-hybridized carbons (Fsp3) is 0.727. The first-order valence-corrected chi connectivity index (χ1v) is 8.59. The molecule has 0 N–H and O–H groups in total. The van der Waals surface area contributed by atoms with Crippen LogP contribution >= 0.6 is 0 Å². The summed E-state index contributed by atoms with van der Waals surface area (Å²) in [4.78, 5) is 0. The van der Waals surface area contributed by atoms with Crippen LogP contribution in [0.15, 0.2) is 12.2 Å². The molecule has 1 fully saturated rings. The van der Waals surface area contributed by atoms with Gasteiger partial charge in [0, 0.05) is 0 Å². The average Bonchev–Trinajstić information content (AvgIpc) is 2.60. The van der Waals surface area contributed by atoms with Crippen LogP contribution in [0.2, 0.25) is 24.7 Å². The molecule has 3 unspecified atom stereocenters. The number of rotatable bonds is 1. The van der Waals surface area contributed by atoms with Crippen molar-refractivity contribution in [2.24, 2.45) is 11.8 Å². The molecule has 2 bridgehead atoms. The predicted octanol–water partition coefficient (Wildman–Crippen LogP) is 3.18. The van der Waals surface area contributed by atoms with E-state index in [1.807, 2.05) is 0 Å². The Morgan fingerprint density at radius 2 is 2.08 bits per heavy atom. The number of hydrogen-bond donors (Lipinski definition) is 0. The van der Waals surface area contributed by atoms with E-state index in [0.29, 0.717) is 5.92 Å². The van der Waals surface area contributed by atoms with Crippen LogP contribution in [0.1, 0.15) is 12.8 Å². The largest absolute Gasteiger partial charge is 0.198 e. The van der Waals surface area contributed by atoms with Gasteiger partial charge in [-0.3, -0.25) is 0 Å². The summed E-state index contributed by atoms with van der Waals surface area (Å²) in [5, 5.41) is 9.47. The molecule has 1 nitrogen and oxygen atoms in total. The van der Waals surface area contributed by atoms with E-state index >= 15 is 0 Å². The van der Waals surface area contributed by atoms with Gasteiger partial charge in [0.2, 0.25) is 0 Å². The molecule has 2 heteroatoms. The van der Waals surface area contributed by atoms with Crippen molar-refractivity contribution in [3.63, 3.8) is 0 Å². The van der Waals surface area contributed by atoms with Crippen LogP contribution in [0, 0.1) is 23.2 Å². The number of fused-ring (bicyclic) bond motifs is 2. The number of nitriles is 1. The van der Waals surface area contributed by atoms with Crippen LogP contribution in [0.25, 0.3) is 0 Å². The fourth-order valence-corrected chi connectivity index (χ4v) is 5.55. The molecule has 70 valence electrons. The van der Waals surface area contributed by atoms with E-state index in [9.17, 15) is 5.26 Å². The Bertz CT molecular complexity index is 294. The maximum Gasteiger partial charge on any atom is 0.0687 e. The first-order chi connectivity index (χ1) is 5.99. The molecule has 2 rings (SSSR count). The molecule has 13 heavy (non-hydrogen) atoms. The lowest BCUT2D eigenvalue weighted by atomic mass is 9.94. The van der Waals surface area contributed by atoms with Crippen molar-refractivity contribution >= 4 is 8.07 Å². The van der Waals surface area contributed by atoms with Crippen molar-refractivity contribution in [3.05, 3.63) is 12.2 Å². The van der Waals surface area contributed by atoms with Crippen molar-refractivity contribution in [1.29, 1.82) is 5.26 Å². The van der Waals surface area contributed by atoms with Gasteiger partial charge in [0.15, 0.2) is 0 Å². The third-order valence-corrected chi connectivity index (χ3v) is 7.29. The SMILES string of the molecule is C[Si](C)(C)C1(C#N)CC2C=CC1C2. The average molecular weight is 191 g/mol. The van der Waals surface area contributed by atoms with E-state index in [1.54, 1.807) is 0 Å². The zero-order chi connectivity index (χ0) is 9.69. The molecule has 0 spiro atoms. The van der Waals surface area contributed by atoms with E-state index in [2.05, 4.69) is 37.9 Å². The lowest BCUT2D eigenvalue weighted by Gasteiger charge is -2.39. The summed E-state index contributed by atoms with van der Waals surface area (Å²) in [7, 11) is -1.34. The Labute approximate surface area is 81.5 Å². The summed E-state index contributed by atoms with van der Waals surface area (Å²) in [5.41, 5.74) is 0. The lowest BCUT2D eigenvalue weighted by molar-refractivity contribution is 0.561. The van der Waals surface area contributed by atoms with E-state index in [4.69, 9.17) is 0 Å². The quantitative estimate of drug-likeness (QED) is 0.461. The van der Waals surface area contributed by atoms with Gasteiger partial charge in [0.05, 0.1) is 19.2 Å². The summed E-state index contributed by atoms with van der Waals surface area (Å²) in [6, 6.07) is 2.66. The van der Waals surface area contributed by atoms with Crippen molar-refractivity contribution < 1.29 is 0 Å². The second-order valence-corrected chi connectivity index (χ2v) is 10.9. The molecule has 0 aromatic carbocycles. The standard InChI is InChI=1S/C11H17NSi/c1-13(2,3)11(8-12)7-9-4-5-10(11)6-9/h4-5,9-10H,6-7H2,1-3H3. The first-order valence-electron chi connectivity index (χ1n) is 5.09. The van der Waals surface area contributed by atoms with E-state index in [1.165, 1.54) is 6.42 Å². The Balaban J connectivity index is 2.40. The van der Waals surface area contributed by atoms with Gasteiger partial charge in [-0.25, -0.2) is 0 Å². The summed E-state index contributed by atoms with van der Waals surface area (Å²) >= 11 is 0. The lowest BCUT2D eigenvalue weighted by Crippen LogP contribution is -2.41. The summed E-state index contributed by atoms with van der Waals surface area (Å²) in [6.07, 6.45) is 7.01. The van der Waals surface area contributed by atoms with Gasteiger partial charge in [-0.1, -0.05) is 31.8 Å². The fourth-order valence-electron chi connectivity index (χ4n) is 3.01. The molecule has 2 aliphatic carbocycles. The van der Waals surface area contributed by atoms with Crippen molar-refractivity contribution in [3.8, 4) is 6.07 Å². The maximum absolute atomic E-state index is 9.43. The zero-order valence-electron chi connectivity index (χ0n) is 8.67. The molecule has 2 aliphatic rings. The van der Waals surface area contributed by atoms with Crippen LogP contribution < -0.4 is 0 Å². The topological polar surface area (TPSA) is 23.8 Å². The molecular formula is C11H17NSi. The maximum atomic E-state index is 9.43. The zero-order valence-corrected chi connectivity index (χ0v) is 9.67. The molecule has 0 aliphatic heterocycles. The van der Waals surface area contributed by atoms with E-state index < -0.39 is 8.07 Å². The van der Waals surface area contributed by atoms with Crippen LogP contribution in [-0.4, -0.2) is 8.07 Å². The highest BCUT2D eigenvalue weighted by atomic mass is 28.3. The molecule has 0 aromatic rings.